The summed E-state index contributed by atoms with van der Waals surface area (Å²) in [5, 5.41) is 3.37. The van der Waals surface area contributed by atoms with Gasteiger partial charge in [-0.05, 0) is 33.0 Å². The van der Waals surface area contributed by atoms with Gasteiger partial charge in [0.1, 0.15) is 0 Å². The average molecular weight is 277 g/mol. The molecule has 1 fully saturated rings. The first-order valence-corrected chi connectivity index (χ1v) is 7.54. The molecule has 1 aromatic heterocycles. The Bertz CT molecular complexity index is 403. The number of likely N-dealkylation sites (N-methyl/N-ethyl adjacent to an activating group) is 1. The predicted octanol–water partition coefficient (Wildman–Crippen LogP) is 1.36. The summed E-state index contributed by atoms with van der Waals surface area (Å²) in [7, 11) is 4.29. The van der Waals surface area contributed by atoms with Crippen LogP contribution in [-0.2, 0) is 6.54 Å². The number of rotatable bonds is 6. The van der Waals surface area contributed by atoms with E-state index >= 15 is 0 Å². The number of anilines is 1. The van der Waals surface area contributed by atoms with Gasteiger partial charge in [0.25, 0.3) is 0 Å². The van der Waals surface area contributed by atoms with Crippen LogP contribution in [0.4, 0.5) is 5.95 Å². The van der Waals surface area contributed by atoms with Crippen LogP contribution in [0.1, 0.15) is 25.8 Å². The molecule has 1 saturated heterocycles. The maximum absolute atomic E-state index is 4.52. The van der Waals surface area contributed by atoms with Gasteiger partial charge in [0, 0.05) is 43.6 Å². The highest BCUT2D eigenvalue weighted by atomic mass is 15.3. The third-order valence-corrected chi connectivity index (χ3v) is 3.97. The first-order valence-electron chi connectivity index (χ1n) is 7.54. The second-order valence-electron chi connectivity index (χ2n) is 5.98. The zero-order chi connectivity index (χ0) is 14.5. The van der Waals surface area contributed by atoms with Crippen molar-refractivity contribution in [3.8, 4) is 0 Å². The lowest BCUT2D eigenvalue weighted by molar-refractivity contribution is 0.266. The van der Waals surface area contributed by atoms with Gasteiger partial charge >= 0.3 is 0 Å². The van der Waals surface area contributed by atoms with Crippen molar-refractivity contribution >= 4 is 5.95 Å². The molecule has 0 bridgehead atoms. The topological polar surface area (TPSA) is 44.3 Å². The van der Waals surface area contributed by atoms with Gasteiger partial charge in [0.05, 0.1) is 0 Å². The van der Waals surface area contributed by atoms with E-state index in [2.05, 4.69) is 53.0 Å². The molecular formula is C15H27N5. The molecule has 0 aliphatic carbocycles. The molecule has 1 aliphatic rings. The molecule has 2 atom stereocenters. The summed E-state index contributed by atoms with van der Waals surface area (Å²) in [6.07, 6.45) is 5.04. The van der Waals surface area contributed by atoms with Crippen LogP contribution in [0.15, 0.2) is 12.4 Å². The summed E-state index contributed by atoms with van der Waals surface area (Å²) in [4.78, 5) is 13.6. The number of nitrogens with one attached hydrogen (secondary N) is 1. The number of aromatic nitrogens is 2. The fraction of sp³-hybridized carbons (Fsp3) is 0.733. The van der Waals surface area contributed by atoms with Crippen LogP contribution >= 0.6 is 0 Å². The third kappa shape index (κ3) is 3.67. The summed E-state index contributed by atoms with van der Waals surface area (Å²) in [6, 6.07) is 0.587. The molecule has 1 aliphatic heterocycles. The molecule has 5 heteroatoms. The Morgan fingerprint density at radius 3 is 2.55 bits per heavy atom. The minimum atomic E-state index is 0.587. The van der Waals surface area contributed by atoms with Gasteiger partial charge in [-0.2, -0.15) is 0 Å². The van der Waals surface area contributed by atoms with Crippen molar-refractivity contribution < 1.29 is 0 Å². The van der Waals surface area contributed by atoms with Crippen molar-refractivity contribution in [1.82, 2.24) is 20.2 Å². The standard InChI is InChI=1S/C15H27N5/c1-5-6-16-7-13-8-17-15(18-9-13)20-10-12(2)14(11-20)19(3)4/h8-9,12,14,16H,5-7,10-11H2,1-4H3. The molecule has 0 spiro atoms. The fourth-order valence-corrected chi connectivity index (χ4v) is 2.80. The minimum Gasteiger partial charge on any atom is -0.339 e. The first kappa shape index (κ1) is 15.2. The summed E-state index contributed by atoms with van der Waals surface area (Å²) in [6.45, 7) is 8.41. The van der Waals surface area contributed by atoms with Crippen molar-refractivity contribution in [3.63, 3.8) is 0 Å². The molecule has 0 radical (unpaired) electrons. The van der Waals surface area contributed by atoms with Crippen LogP contribution in [0.5, 0.6) is 0 Å². The van der Waals surface area contributed by atoms with E-state index in [1.807, 2.05) is 12.4 Å². The van der Waals surface area contributed by atoms with Crippen LogP contribution in [0.2, 0.25) is 0 Å². The smallest absolute Gasteiger partial charge is 0.225 e. The first-order chi connectivity index (χ1) is 9.61. The molecular weight excluding hydrogens is 250 g/mol. The lowest BCUT2D eigenvalue weighted by Crippen LogP contribution is -2.34. The lowest BCUT2D eigenvalue weighted by atomic mass is 10.1. The highest BCUT2D eigenvalue weighted by molar-refractivity contribution is 5.33. The van der Waals surface area contributed by atoms with Crippen molar-refractivity contribution in [2.75, 3.05) is 38.6 Å². The van der Waals surface area contributed by atoms with E-state index in [-0.39, 0.29) is 0 Å². The van der Waals surface area contributed by atoms with Crippen molar-refractivity contribution in [2.24, 2.45) is 5.92 Å². The molecule has 0 saturated carbocycles. The van der Waals surface area contributed by atoms with Crippen molar-refractivity contribution in [1.29, 1.82) is 0 Å². The van der Waals surface area contributed by atoms with Crippen molar-refractivity contribution in [2.45, 2.75) is 32.9 Å². The Labute approximate surface area is 122 Å². The molecule has 0 amide bonds. The number of hydrogen-bond donors (Lipinski definition) is 1. The van der Waals surface area contributed by atoms with Crippen LogP contribution < -0.4 is 10.2 Å². The Hall–Kier alpha value is -1.20. The quantitative estimate of drug-likeness (QED) is 0.796. The number of nitrogens with zero attached hydrogens (tertiary/aromatic N) is 4. The van der Waals surface area contributed by atoms with Crippen LogP contribution in [0.25, 0.3) is 0 Å². The normalized spacial score (nSPS) is 22.8. The van der Waals surface area contributed by atoms with Gasteiger partial charge < -0.3 is 15.1 Å². The van der Waals surface area contributed by atoms with E-state index in [9.17, 15) is 0 Å². The highest BCUT2D eigenvalue weighted by Crippen LogP contribution is 2.23. The van der Waals surface area contributed by atoms with Gasteiger partial charge in [0.2, 0.25) is 5.95 Å². The second-order valence-corrected chi connectivity index (χ2v) is 5.98. The molecule has 2 unspecified atom stereocenters. The second kappa shape index (κ2) is 6.99. The van der Waals surface area contributed by atoms with Crippen LogP contribution in [0, 0.1) is 5.92 Å². The Morgan fingerprint density at radius 1 is 1.30 bits per heavy atom. The summed E-state index contributed by atoms with van der Waals surface area (Å²) in [5.74, 6) is 1.51. The predicted molar refractivity (Wildman–Crippen MR) is 82.9 cm³/mol. The molecule has 5 nitrogen and oxygen atoms in total. The lowest BCUT2D eigenvalue weighted by Gasteiger charge is -2.22. The maximum Gasteiger partial charge on any atom is 0.225 e. The van der Waals surface area contributed by atoms with E-state index in [4.69, 9.17) is 0 Å². The molecule has 1 aromatic rings. The van der Waals surface area contributed by atoms with E-state index < -0.39 is 0 Å². The Kier molecular flexibility index (Phi) is 5.31. The van der Waals surface area contributed by atoms with Gasteiger partial charge in [-0.15, -0.1) is 0 Å². The summed E-state index contributed by atoms with van der Waals surface area (Å²) < 4.78 is 0. The summed E-state index contributed by atoms with van der Waals surface area (Å²) >= 11 is 0. The maximum atomic E-state index is 4.52. The van der Waals surface area contributed by atoms with E-state index in [1.165, 1.54) is 0 Å². The molecule has 1 N–H and O–H groups in total. The van der Waals surface area contributed by atoms with E-state index in [0.717, 1.165) is 44.1 Å². The number of hydrogen-bond acceptors (Lipinski definition) is 5. The molecule has 20 heavy (non-hydrogen) atoms. The van der Waals surface area contributed by atoms with Crippen molar-refractivity contribution in [3.05, 3.63) is 18.0 Å². The third-order valence-electron chi connectivity index (χ3n) is 3.97. The molecule has 112 valence electrons. The van der Waals surface area contributed by atoms with Gasteiger partial charge in [0.15, 0.2) is 0 Å². The summed E-state index contributed by atoms with van der Waals surface area (Å²) in [5.41, 5.74) is 1.15. The zero-order valence-corrected chi connectivity index (χ0v) is 13.1. The average Bonchev–Trinajstić information content (AvgIpc) is 2.82. The SMILES string of the molecule is CCCNCc1cnc(N2CC(C)C(N(C)C)C2)nc1. The van der Waals surface area contributed by atoms with Gasteiger partial charge in [-0.3, -0.25) is 0 Å². The van der Waals surface area contributed by atoms with Crippen LogP contribution in [0.3, 0.4) is 0 Å². The van der Waals surface area contributed by atoms with E-state index in [0.29, 0.717) is 12.0 Å². The van der Waals surface area contributed by atoms with E-state index in [1.54, 1.807) is 0 Å². The zero-order valence-electron chi connectivity index (χ0n) is 13.1. The Morgan fingerprint density at radius 2 is 2.00 bits per heavy atom. The molecule has 2 heterocycles. The highest BCUT2D eigenvalue weighted by Gasteiger charge is 2.32. The van der Waals surface area contributed by atoms with Crippen LogP contribution in [-0.4, -0.2) is 54.6 Å². The Balaban J connectivity index is 1.93. The largest absolute Gasteiger partial charge is 0.339 e. The van der Waals surface area contributed by atoms with Gasteiger partial charge in [-0.1, -0.05) is 13.8 Å². The minimum absolute atomic E-state index is 0.587. The molecule has 2 rings (SSSR count). The van der Waals surface area contributed by atoms with Gasteiger partial charge in [-0.25, -0.2) is 9.97 Å². The monoisotopic (exact) mass is 277 g/mol. The molecule has 0 aromatic carbocycles. The fourth-order valence-electron chi connectivity index (χ4n) is 2.80.